The Hall–Kier alpha value is -0.840. The highest BCUT2D eigenvalue weighted by Gasteiger charge is 2.55. The third-order valence-electron chi connectivity index (χ3n) is 5.28. The fourth-order valence-corrected chi connectivity index (χ4v) is 6.95. The molecule has 6 N–H and O–H groups in total. The van der Waals surface area contributed by atoms with E-state index in [1.54, 1.807) is 24.3 Å². The van der Waals surface area contributed by atoms with E-state index in [9.17, 15) is 34.0 Å². The van der Waals surface area contributed by atoms with Crippen LogP contribution in [0, 0.1) is 0 Å². The summed E-state index contributed by atoms with van der Waals surface area (Å²) < 4.78 is 47.5. The standard InChI is InChI=1S/C18H26O11S2/c19-6-13-14(21)11(20)8-30(13)9-12-17(29-31(24,25)26)15(22)16(23)18(28-12)27-7-10-4-2-1-3-5-10/h1-5,11-23H,6-9H2/p+1/t11-,12-,13-,14+,15-,16-,17-,18-,30?/m1/s1. The second-order valence-electron chi connectivity index (χ2n) is 7.46. The molecule has 31 heavy (non-hydrogen) atoms. The molecule has 176 valence electrons. The van der Waals surface area contributed by atoms with Crippen LogP contribution in [-0.4, -0.2) is 105 Å². The third-order valence-corrected chi connectivity index (χ3v) is 8.55. The number of hydrogen-bond donors (Lipinski definition) is 6. The van der Waals surface area contributed by atoms with Gasteiger partial charge in [0.1, 0.15) is 48.1 Å². The smallest absolute Gasteiger partial charge is 0.391 e. The molecule has 2 saturated heterocycles. The van der Waals surface area contributed by atoms with Crippen molar-refractivity contribution in [1.29, 1.82) is 0 Å². The summed E-state index contributed by atoms with van der Waals surface area (Å²) in [6.45, 7) is -0.384. The first kappa shape index (κ1) is 24.8. The summed E-state index contributed by atoms with van der Waals surface area (Å²) in [7, 11) is -5.83. The minimum atomic E-state index is -5.00. The zero-order valence-corrected chi connectivity index (χ0v) is 18.0. The van der Waals surface area contributed by atoms with Crippen molar-refractivity contribution in [2.45, 2.75) is 54.8 Å². The lowest BCUT2D eigenvalue weighted by Gasteiger charge is -2.40. The fourth-order valence-electron chi connectivity index (χ4n) is 3.69. The molecular weight excluding hydrogens is 456 g/mol. The van der Waals surface area contributed by atoms with Crippen molar-refractivity contribution in [3.05, 3.63) is 35.9 Å². The van der Waals surface area contributed by atoms with E-state index in [2.05, 4.69) is 4.18 Å². The van der Waals surface area contributed by atoms with Gasteiger partial charge in [-0.25, -0.2) is 4.18 Å². The van der Waals surface area contributed by atoms with Gasteiger partial charge < -0.3 is 35.0 Å². The van der Waals surface area contributed by atoms with E-state index < -0.39 is 76.1 Å². The van der Waals surface area contributed by atoms with Gasteiger partial charge in [-0.2, -0.15) is 8.42 Å². The maximum atomic E-state index is 11.3. The number of ether oxygens (including phenoxy) is 2. The first-order chi connectivity index (χ1) is 14.6. The first-order valence-corrected chi connectivity index (χ1v) is 12.6. The predicted molar refractivity (Wildman–Crippen MR) is 108 cm³/mol. The summed E-state index contributed by atoms with van der Waals surface area (Å²) in [6.07, 6.45) is -9.89. The van der Waals surface area contributed by atoms with Crippen molar-refractivity contribution in [3.8, 4) is 0 Å². The van der Waals surface area contributed by atoms with Crippen molar-refractivity contribution < 1.29 is 52.2 Å². The molecule has 0 saturated carbocycles. The van der Waals surface area contributed by atoms with Crippen LogP contribution in [-0.2, 0) is 41.6 Å². The van der Waals surface area contributed by atoms with Crippen molar-refractivity contribution in [2.75, 3.05) is 18.1 Å². The van der Waals surface area contributed by atoms with E-state index in [1.165, 1.54) is 0 Å². The van der Waals surface area contributed by atoms with Crippen LogP contribution in [0.5, 0.6) is 0 Å². The lowest BCUT2D eigenvalue weighted by molar-refractivity contribution is -0.291. The molecule has 9 atom stereocenters. The summed E-state index contributed by atoms with van der Waals surface area (Å²) in [6, 6.07) is 8.95. The van der Waals surface area contributed by atoms with E-state index in [-0.39, 0.29) is 18.1 Å². The Morgan fingerprint density at radius 2 is 1.74 bits per heavy atom. The molecule has 0 spiro atoms. The zero-order valence-electron chi connectivity index (χ0n) is 16.4. The maximum Gasteiger partial charge on any atom is 0.397 e. The van der Waals surface area contributed by atoms with E-state index in [0.29, 0.717) is 0 Å². The zero-order chi connectivity index (χ0) is 22.8. The van der Waals surface area contributed by atoms with Crippen LogP contribution < -0.4 is 0 Å². The second kappa shape index (κ2) is 10.4. The van der Waals surface area contributed by atoms with Crippen molar-refractivity contribution in [3.63, 3.8) is 0 Å². The SMILES string of the molecule is O=S(=O)(O)O[C@H]1[C@H](O)[C@@H](O)[C@H](OCc2ccccc2)O[C@@H]1C[S+]1C[C@@H](O)[C@H](O)[C@H]1CO. The van der Waals surface area contributed by atoms with Crippen molar-refractivity contribution >= 4 is 21.3 Å². The predicted octanol–water partition coefficient (Wildman–Crippen LogP) is -2.45. The molecule has 0 bridgehead atoms. The molecule has 0 aliphatic carbocycles. The molecule has 2 fully saturated rings. The second-order valence-corrected chi connectivity index (χ2v) is 10.9. The summed E-state index contributed by atoms with van der Waals surface area (Å²) >= 11 is 0. The van der Waals surface area contributed by atoms with Crippen molar-refractivity contribution in [1.82, 2.24) is 0 Å². The Labute approximate surface area is 182 Å². The molecule has 1 aromatic carbocycles. The monoisotopic (exact) mass is 483 g/mol. The van der Waals surface area contributed by atoms with Gasteiger partial charge >= 0.3 is 10.4 Å². The Morgan fingerprint density at radius 3 is 2.35 bits per heavy atom. The number of benzene rings is 1. The molecule has 13 heteroatoms. The molecule has 2 heterocycles. The molecule has 11 nitrogen and oxygen atoms in total. The van der Waals surface area contributed by atoms with Crippen LogP contribution in [0.25, 0.3) is 0 Å². The Kier molecular flexibility index (Phi) is 8.32. The summed E-state index contributed by atoms with van der Waals surface area (Å²) in [5, 5.41) is 49.7. The van der Waals surface area contributed by atoms with Gasteiger partial charge in [-0.3, -0.25) is 4.55 Å². The highest BCUT2D eigenvalue weighted by Crippen LogP contribution is 2.31. The Balaban J connectivity index is 1.77. The molecule has 0 aromatic heterocycles. The van der Waals surface area contributed by atoms with E-state index >= 15 is 0 Å². The lowest BCUT2D eigenvalue weighted by atomic mass is 10.00. The number of aliphatic hydroxyl groups excluding tert-OH is 5. The van der Waals surface area contributed by atoms with Crippen LogP contribution in [0.15, 0.2) is 30.3 Å². The quantitative estimate of drug-likeness (QED) is 0.170. The molecule has 0 amide bonds. The van der Waals surface area contributed by atoms with E-state index in [4.69, 9.17) is 14.0 Å². The summed E-state index contributed by atoms with van der Waals surface area (Å²) in [4.78, 5) is 0. The summed E-state index contributed by atoms with van der Waals surface area (Å²) in [5.41, 5.74) is 0.768. The average molecular weight is 484 g/mol. The minimum Gasteiger partial charge on any atom is -0.391 e. The average Bonchev–Trinajstić information content (AvgIpc) is 2.99. The van der Waals surface area contributed by atoms with Gasteiger partial charge in [0.05, 0.1) is 13.2 Å². The van der Waals surface area contributed by atoms with Gasteiger partial charge in [0.25, 0.3) is 0 Å². The molecule has 2 aliphatic heterocycles. The fraction of sp³-hybridized carbons (Fsp3) is 0.667. The van der Waals surface area contributed by atoms with E-state index in [0.717, 1.165) is 5.56 Å². The molecule has 0 radical (unpaired) electrons. The summed E-state index contributed by atoms with van der Waals surface area (Å²) in [5.74, 6) is 0.105. The molecule has 2 aliphatic rings. The third kappa shape index (κ3) is 6.15. The van der Waals surface area contributed by atoms with Crippen LogP contribution in [0.1, 0.15) is 5.56 Å². The first-order valence-electron chi connectivity index (χ1n) is 9.57. The van der Waals surface area contributed by atoms with Gasteiger partial charge in [-0.15, -0.1) is 0 Å². The minimum absolute atomic E-state index is 0.0193. The molecular formula is C18H27O11S2+. The van der Waals surface area contributed by atoms with Crippen LogP contribution in [0.2, 0.25) is 0 Å². The Bertz CT molecular complexity index is 808. The van der Waals surface area contributed by atoms with Crippen LogP contribution in [0.4, 0.5) is 0 Å². The Morgan fingerprint density at radius 1 is 1.06 bits per heavy atom. The molecule has 1 aromatic rings. The van der Waals surface area contributed by atoms with Gasteiger partial charge in [0.15, 0.2) is 11.5 Å². The lowest BCUT2D eigenvalue weighted by Crippen LogP contribution is -2.61. The maximum absolute atomic E-state index is 11.3. The van der Waals surface area contributed by atoms with Crippen molar-refractivity contribution in [2.24, 2.45) is 0 Å². The highest BCUT2D eigenvalue weighted by molar-refractivity contribution is 7.97. The van der Waals surface area contributed by atoms with Gasteiger partial charge in [0, 0.05) is 10.9 Å². The van der Waals surface area contributed by atoms with Gasteiger partial charge in [0.2, 0.25) is 0 Å². The highest BCUT2D eigenvalue weighted by atomic mass is 32.3. The molecule has 1 unspecified atom stereocenters. The van der Waals surface area contributed by atoms with Gasteiger partial charge in [-0.05, 0) is 5.56 Å². The van der Waals surface area contributed by atoms with Gasteiger partial charge in [-0.1, -0.05) is 30.3 Å². The molecule has 3 rings (SSSR count). The topological polar surface area (TPSA) is 183 Å². The van der Waals surface area contributed by atoms with Crippen LogP contribution in [0.3, 0.4) is 0 Å². The van der Waals surface area contributed by atoms with Crippen LogP contribution >= 0.6 is 0 Å². The largest absolute Gasteiger partial charge is 0.397 e. The normalized spacial score (nSPS) is 39.0. The number of rotatable bonds is 8. The number of aliphatic hydroxyl groups is 5. The van der Waals surface area contributed by atoms with E-state index in [1.807, 2.05) is 6.07 Å². The number of hydrogen-bond acceptors (Lipinski definition) is 10.